The Hall–Kier alpha value is -1.92. The summed E-state index contributed by atoms with van der Waals surface area (Å²) >= 11 is 0. The highest BCUT2D eigenvalue weighted by Crippen LogP contribution is 2.23. The number of benzene rings is 1. The van der Waals surface area contributed by atoms with Gasteiger partial charge in [0.1, 0.15) is 5.25 Å². The standard InChI is InChI=1S/C15H18N4OS/c16-13-5-1-2-6-14(13)18-19-10-8-12(11-19)21(20)15-7-3-4-9-17-15/h1-7,9,12,18H,8,10-11,16H2/p+1/t12-,21?/m0/s1. The minimum Gasteiger partial charge on any atom is -0.397 e. The first-order valence-electron chi connectivity index (χ1n) is 6.93. The molecule has 5 nitrogen and oxygen atoms in total. The lowest BCUT2D eigenvalue weighted by Crippen LogP contribution is -2.30. The normalized spacial score (nSPS) is 20.3. The van der Waals surface area contributed by atoms with Crippen molar-refractivity contribution < 1.29 is 4.21 Å². The van der Waals surface area contributed by atoms with E-state index in [0.717, 1.165) is 35.9 Å². The van der Waals surface area contributed by atoms with Gasteiger partial charge in [0.25, 0.3) is 0 Å². The third-order valence-corrected chi connectivity index (χ3v) is 5.24. The molecule has 0 aliphatic carbocycles. The summed E-state index contributed by atoms with van der Waals surface area (Å²) in [5.74, 6) is 0. The zero-order chi connectivity index (χ0) is 14.7. The number of nitrogen functional groups attached to an aromatic ring is 1. The van der Waals surface area contributed by atoms with Crippen LogP contribution in [0.2, 0.25) is 0 Å². The highest BCUT2D eigenvalue weighted by Gasteiger charge is 2.33. The van der Waals surface area contributed by atoms with Crippen molar-refractivity contribution in [2.45, 2.75) is 16.7 Å². The van der Waals surface area contributed by atoms with E-state index in [1.165, 1.54) is 0 Å². The van der Waals surface area contributed by atoms with Gasteiger partial charge >= 0.3 is 0 Å². The molecule has 2 atom stereocenters. The Labute approximate surface area is 126 Å². The predicted molar refractivity (Wildman–Crippen MR) is 86.3 cm³/mol. The van der Waals surface area contributed by atoms with Crippen LogP contribution < -0.4 is 11.2 Å². The van der Waals surface area contributed by atoms with Crippen LogP contribution in [0, 0.1) is 0 Å². The van der Waals surface area contributed by atoms with E-state index in [0.29, 0.717) is 0 Å². The molecule has 1 saturated heterocycles. The van der Waals surface area contributed by atoms with Crippen LogP contribution in [-0.4, -0.2) is 32.5 Å². The van der Waals surface area contributed by atoms with E-state index >= 15 is 0 Å². The maximum absolute atomic E-state index is 10.4. The molecule has 0 amide bonds. The minimum atomic E-state index is -0.817. The second kappa shape index (κ2) is 6.24. The van der Waals surface area contributed by atoms with E-state index in [1.54, 1.807) is 6.20 Å². The van der Waals surface area contributed by atoms with Crippen LogP contribution in [0.25, 0.3) is 0 Å². The third-order valence-electron chi connectivity index (χ3n) is 3.55. The van der Waals surface area contributed by atoms with Crippen molar-refractivity contribution in [1.82, 2.24) is 9.99 Å². The molecule has 6 heteroatoms. The van der Waals surface area contributed by atoms with Gasteiger partial charge in [0.05, 0.1) is 11.4 Å². The molecular formula is C15H19N4OS+. The van der Waals surface area contributed by atoms with Gasteiger partial charge in [0.15, 0.2) is 5.03 Å². The molecule has 2 heterocycles. The number of hydrogen-bond acceptors (Lipinski definition) is 4. The number of hydrazine groups is 1. The van der Waals surface area contributed by atoms with Crippen molar-refractivity contribution in [2.75, 3.05) is 24.2 Å². The predicted octanol–water partition coefficient (Wildman–Crippen LogP) is 2.03. The Morgan fingerprint density at radius 3 is 2.81 bits per heavy atom. The maximum atomic E-state index is 10.4. The van der Waals surface area contributed by atoms with Gasteiger partial charge in [0.2, 0.25) is 10.8 Å². The van der Waals surface area contributed by atoms with Gasteiger partial charge < -0.3 is 11.2 Å². The van der Waals surface area contributed by atoms with Crippen LogP contribution in [-0.2, 0) is 10.8 Å². The molecule has 3 rings (SSSR count). The Balaban J connectivity index is 1.63. The molecule has 0 bridgehead atoms. The monoisotopic (exact) mass is 303 g/mol. The summed E-state index contributed by atoms with van der Waals surface area (Å²) in [7, 11) is -0.817. The molecular weight excluding hydrogens is 284 g/mol. The number of anilines is 2. The highest BCUT2D eigenvalue weighted by molar-refractivity contribution is 7.85. The van der Waals surface area contributed by atoms with Crippen LogP contribution in [0.3, 0.4) is 0 Å². The lowest BCUT2D eigenvalue weighted by molar-refractivity contribution is 0.411. The van der Waals surface area contributed by atoms with Crippen LogP contribution in [0.15, 0.2) is 53.7 Å². The van der Waals surface area contributed by atoms with Gasteiger partial charge in [-0.2, -0.15) is 0 Å². The van der Waals surface area contributed by atoms with E-state index < -0.39 is 10.8 Å². The summed E-state index contributed by atoms with van der Waals surface area (Å²) in [5, 5.41) is 3.08. The molecule has 0 radical (unpaired) electrons. The number of pyridine rings is 1. The maximum Gasteiger partial charge on any atom is 0.241 e. The second-order valence-electron chi connectivity index (χ2n) is 5.04. The van der Waals surface area contributed by atoms with Gasteiger partial charge in [-0.15, -0.1) is 0 Å². The summed E-state index contributed by atoms with van der Waals surface area (Å²) in [6.45, 7) is 1.67. The van der Waals surface area contributed by atoms with E-state index in [2.05, 4.69) is 15.4 Å². The Morgan fingerprint density at radius 2 is 2.05 bits per heavy atom. The van der Waals surface area contributed by atoms with E-state index in [-0.39, 0.29) is 5.25 Å². The van der Waals surface area contributed by atoms with Crippen molar-refractivity contribution >= 4 is 22.2 Å². The first kappa shape index (κ1) is 14.0. The summed E-state index contributed by atoms with van der Waals surface area (Å²) in [6.07, 6.45) is 2.66. The third kappa shape index (κ3) is 3.22. The first-order chi connectivity index (χ1) is 10.2. The fraction of sp³-hybridized carbons (Fsp3) is 0.267. The average molecular weight is 303 g/mol. The quantitative estimate of drug-likeness (QED) is 0.669. The fourth-order valence-electron chi connectivity index (χ4n) is 2.42. The molecule has 2 aromatic rings. The van der Waals surface area contributed by atoms with Crippen molar-refractivity contribution in [2.24, 2.45) is 0 Å². The first-order valence-corrected chi connectivity index (χ1v) is 8.18. The fourth-order valence-corrected chi connectivity index (χ4v) is 3.80. The van der Waals surface area contributed by atoms with Crippen molar-refractivity contribution in [3.63, 3.8) is 0 Å². The lowest BCUT2D eigenvalue weighted by atomic mass is 10.3. The number of hydrogen-bond donors (Lipinski definition) is 2. The van der Waals surface area contributed by atoms with Crippen LogP contribution >= 0.6 is 0 Å². The number of rotatable bonds is 4. The Kier molecular flexibility index (Phi) is 4.17. The minimum absolute atomic E-state index is 0.206. The number of nitrogens with two attached hydrogens (primary N) is 1. The zero-order valence-electron chi connectivity index (χ0n) is 11.6. The molecule has 1 aliphatic heterocycles. The number of aromatic nitrogens is 1. The number of para-hydroxylation sites is 2. The van der Waals surface area contributed by atoms with Crippen molar-refractivity contribution in [1.29, 1.82) is 0 Å². The molecule has 4 N–H and O–H groups in total. The van der Waals surface area contributed by atoms with E-state index in [9.17, 15) is 4.21 Å². The molecule has 1 aromatic heterocycles. The second-order valence-corrected chi connectivity index (χ2v) is 6.75. The molecule has 0 spiro atoms. The van der Waals surface area contributed by atoms with E-state index in [4.69, 9.17) is 5.73 Å². The average Bonchev–Trinajstić information content (AvgIpc) is 2.98. The molecule has 21 heavy (non-hydrogen) atoms. The summed E-state index contributed by atoms with van der Waals surface area (Å²) in [6, 6.07) is 13.4. The van der Waals surface area contributed by atoms with Gasteiger partial charge in [0, 0.05) is 19.3 Å². The Bertz CT molecular complexity index is 635. The van der Waals surface area contributed by atoms with Gasteiger partial charge in [-0.25, -0.2) is 14.2 Å². The number of nitrogens with zero attached hydrogens (tertiary/aromatic N) is 2. The smallest absolute Gasteiger partial charge is 0.241 e. The van der Waals surface area contributed by atoms with Gasteiger partial charge in [-0.1, -0.05) is 18.2 Å². The van der Waals surface area contributed by atoms with Crippen LogP contribution in [0.1, 0.15) is 6.42 Å². The summed E-state index contributed by atoms with van der Waals surface area (Å²) < 4.78 is 10.4. The van der Waals surface area contributed by atoms with Crippen molar-refractivity contribution in [3.8, 4) is 0 Å². The molecule has 0 saturated carbocycles. The van der Waals surface area contributed by atoms with Gasteiger partial charge in [-0.05, 0) is 30.7 Å². The molecule has 1 aromatic carbocycles. The summed E-state index contributed by atoms with van der Waals surface area (Å²) in [4.78, 5) is 4.25. The van der Waals surface area contributed by atoms with Crippen molar-refractivity contribution in [3.05, 3.63) is 48.7 Å². The van der Waals surface area contributed by atoms with Gasteiger partial charge in [-0.3, -0.25) is 0 Å². The number of nitrogens with one attached hydrogen (secondary N) is 1. The highest BCUT2D eigenvalue weighted by atomic mass is 32.2. The largest absolute Gasteiger partial charge is 0.397 e. The SMILES string of the molecule is Nc1ccccc1NN1CC[C@H](S(=[OH+])c2ccccn2)C1. The molecule has 110 valence electrons. The Morgan fingerprint density at radius 1 is 1.24 bits per heavy atom. The summed E-state index contributed by atoms with van der Waals surface area (Å²) in [5.41, 5.74) is 10.9. The van der Waals surface area contributed by atoms with Crippen LogP contribution in [0.4, 0.5) is 11.4 Å². The zero-order valence-corrected chi connectivity index (χ0v) is 12.5. The topological polar surface area (TPSA) is 75.6 Å². The van der Waals surface area contributed by atoms with E-state index in [1.807, 2.05) is 42.5 Å². The lowest BCUT2D eigenvalue weighted by Gasteiger charge is -2.19. The molecule has 1 aliphatic rings. The van der Waals surface area contributed by atoms with Crippen LogP contribution in [0.5, 0.6) is 0 Å². The molecule has 1 unspecified atom stereocenters. The molecule has 1 fully saturated rings.